The quantitative estimate of drug-likeness (QED) is 0.574. The minimum Gasteiger partial charge on any atom is -0.268 e. The summed E-state index contributed by atoms with van der Waals surface area (Å²) in [6.07, 6.45) is 0. The standard InChI is InChI=1S/C23H16FNO2S/c24-18-12-7-13-19(14-18)25-22(26)20(17-10-5-2-6-11-17)21(23(25)27)28-15-16-8-3-1-4-9-16/h1-14H,15H2. The Morgan fingerprint density at radius 1 is 0.786 bits per heavy atom. The topological polar surface area (TPSA) is 37.4 Å². The highest BCUT2D eigenvalue weighted by molar-refractivity contribution is 8.03. The van der Waals surface area contributed by atoms with E-state index in [1.54, 1.807) is 18.2 Å². The molecule has 0 spiro atoms. The average molecular weight is 389 g/mol. The van der Waals surface area contributed by atoms with Crippen LogP contribution in [-0.4, -0.2) is 11.8 Å². The summed E-state index contributed by atoms with van der Waals surface area (Å²) in [7, 11) is 0. The van der Waals surface area contributed by atoms with Gasteiger partial charge in [-0.1, -0.05) is 66.7 Å². The number of halogens is 1. The zero-order valence-corrected chi connectivity index (χ0v) is 15.7. The molecule has 3 aromatic carbocycles. The van der Waals surface area contributed by atoms with Crippen LogP contribution in [0.1, 0.15) is 11.1 Å². The molecule has 3 aromatic rings. The summed E-state index contributed by atoms with van der Waals surface area (Å²) >= 11 is 1.33. The average Bonchev–Trinajstić information content (AvgIpc) is 2.97. The van der Waals surface area contributed by atoms with E-state index in [-0.39, 0.29) is 5.69 Å². The number of anilines is 1. The Labute approximate surface area is 166 Å². The maximum absolute atomic E-state index is 13.7. The maximum atomic E-state index is 13.7. The number of thioether (sulfide) groups is 1. The highest BCUT2D eigenvalue weighted by Gasteiger charge is 2.40. The summed E-state index contributed by atoms with van der Waals surface area (Å²) < 4.78 is 13.7. The summed E-state index contributed by atoms with van der Waals surface area (Å²) in [6.45, 7) is 0. The molecule has 0 N–H and O–H groups in total. The van der Waals surface area contributed by atoms with Crippen LogP contribution in [0.3, 0.4) is 0 Å². The van der Waals surface area contributed by atoms with Crippen molar-refractivity contribution in [2.75, 3.05) is 4.90 Å². The fourth-order valence-electron chi connectivity index (χ4n) is 3.08. The Bertz CT molecular complexity index is 1060. The third kappa shape index (κ3) is 3.49. The monoisotopic (exact) mass is 389 g/mol. The molecule has 28 heavy (non-hydrogen) atoms. The van der Waals surface area contributed by atoms with E-state index >= 15 is 0 Å². The summed E-state index contributed by atoms with van der Waals surface area (Å²) in [6, 6.07) is 24.4. The van der Waals surface area contributed by atoms with Crippen molar-refractivity contribution < 1.29 is 14.0 Å². The van der Waals surface area contributed by atoms with Gasteiger partial charge in [0, 0.05) is 5.75 Å². The van der Waals surface area contributed by atoms with E-state index in [0.717, 1.165) is 10.5 Å². The van der Waals surface area contributed by atoms with Crippen LogP contribution in [-0.2, 0) is 15.3 Å². The normalized spacial score (nSPS) is 14.1. The van der Waals surface area contributed by atoms with Gasteiger partial charge in [0.1, 0.15) is 5.82 Å². The number of imide groups is 1. The molecular weight excluding hydrogens is 373 g/mol. The minimum absolute atomic E-state index is 0.235. The summed E-state index contributed by atoms with van der Waals surface area (Å²) in [5.74, 6) is -0.791. The van der Waals surface area contributed by atoms with E-state index < -0.39 is 17.6 Å². The lowest BCUT2D eigenvalue weighted by Gasteiger charge is -2.15. The molecule has 0 saturated heterocycles. The Morgan fingerprint density at radius 2 is 1.46 bits per heavy atom. The molecule has 0 atom stereocenters. The molecule has 138 valence electrons. The van der Waals surface area contributed by atoms with Gasteiger partial charge in [-0.2, -0.15) is 0 Å². The van der Waals surface area contributed by atoms with E-state index in [1.807, 2.05) is 48.5 Å². The minimum atomic E-state index is -0.496. The molecule has 2 amide bonds. The maximum Gasteiger partial charge on any atom is 0.272 e. The van der Waals surface area contributed by atoms with Gasteiger partial charge in [-0.05, 0) is 29.3 Å². The molecule has 0 saturated carbocycles. The summed E-state index contributed by atoms with van der Waals surface area (Å²) in [4.78, 5) is 27.7. The second-order valence-corrected chi connectivity index (χ2v) is 7.26. The van der Waals surface area contributed by atoms with Gasteiger partial charge in [-0.25, -0.2) is 9.29 Å². The van der Waals surface area contributed by atoms with Crippen LogP contribution < -0.4 is 4.90 Å². The number of carbonyl (C=O) groups is 2. The van der Waals surface area contributed by atoms with E-state index in [0.29, 0.717) is 21.8 Å². The number of amides is 2. The lowest BCUT2D eigenvalue weighted by atomic mass is 10.1. The van der Waals surface area contributed by atoms with Gasteiger partial charge >= 0.3 is 0 Å². The van der Waals surface area contributed by atoms with Gasteiger partial charge < -0.3 is 0 Å². The smallest absolute Gasteiger partial charge is 0.268 e. The third-order valence-corrected chi connectivity index (χ3v) is 5.54. The Morgan fingerprint density at radius 3 is 2.14 bits per heavy atom. The molecule has 0 fully saturated rings. The van der Waals surface area contributed by atoms with Gasteiger partial charge in [0.25, 0.3) is 11.8 Å². The number of carbonyl (C=O) groups excluding carboxylic acids is 2. The first-order valence-electron chi connectivity index (χ1n) is 8.76. The summed E-state index contributed by atoms with van der Waals surface area (Å²) in [5.41, 5.74) is 2.32. The molecule has 0 bridgehead atoms. The Hall–Kier alpha value is -3.18. The van der Waals surface area contributed by atoms with E-state index in [1.165, 1.54) is 30.0 Å². The number of hydrogen-bond acceptors (Lipinski definition) is 3. The van der Waals surface area contributed by atoms with Gasteiger partial charge in [0.2, 0.25) is 0 Å². The molecule has 3 nitrogen and oxygen atoms in total. The SMILES string of the molecule is O=C1C(SCc2ccccc2)=C(c2ccccc2)C(=O)N1c1cccc(F)c1. The molecule has 0 aromatic heterocycles. The van der Waals surface area contributed by atoms with Gasteiger partial charge in [-0.15, -0.1) is 11.8 Å². The first-order chi connectivity index (χ1) is 13.6. The van der Waals surface area contributed by atoms with Crippen LogP contribution in [0, 0.1) is 5.82 Å². The lowest BCUT2D eigenvalue weighted by Crippen LogP contribution is -2.31. The van der Waals surface area contributed by atoms with Crippen LogP contribution in [0.2, 0.25) is 0 Å². The zero-order valence-electron chi connectivity index (χ0n) is 14.8. The Kier molecular flexibility index (Phi) is 5.08. The molecule has 0 radical (unpaired) electrons. The predicted molar refractivity (Wildman–Crippen MR) is 110 cm³/mol. The zero-order chi connectivity index (χ0) is 19.5. The van der Waals surface area contributed by atoms with Crippen LogP contribution >= 0.6 is 11.8 Å². The molecule has 1 heterocycles. The molecule has 0 aliphatic carbocycles. The van der Waals surface area contributed by atoms with Crippen molar-refractivity contribution in [2.45, 2.75) is 5.75 Å². The number of hydrogen-bond donors (Lipinski definition) is 0. The molecule has 1 aliphatic heterocycles. The number of benzene rings is 3. The van der Waals surface area contributed by atoms with Gasteiger partial charge in [0.15, 0.2) is 0 Å². The van der Waals surface area contributed by atoms with E-state index in [4.69, 9.17) is 0 Å². The molecule has 1 aliphatic rings. The molecule has 5 heteroatoms. The summed E-state index contributed by atoms with van der Waals surface area (Å²) in [5, 5.41) is 0. The fraction of sp³-hybridized carbons (Fsp3) is 0.0435. The van der Waals surface area contributed by atoms with Crippen LogP contribution in [0.4, 0.5) is 10.1 Å². The second kappa shape index (κ2) is 7.82. The van der Waals surface area contributed by atoms with Crippen molar-refractivity contribution in [3.05, 3.63) is 107 Å². The molecular formula is C23H16FNO2S. The first kappa shape index (κ1) is 18.2. The van der Waals surface area contributed by atoms with Crippen molar-refractivity contribution in [3.63, 3.8) is 0 Å². The predicted octanol–water partition coefficient (Wildman–Crippen LogP) is 5.04. The van der Waals surface area contributed by atoms with Crippen molar-refractivity contribution in [1.29, 1.82) is 0 Å². The largest absolute Gasteiger partial charge is 0.272 e. The highest BCUT2D eigenvalue weighted by Crippen LogP contribution is 2.39. The van der Waals surface area contributed by atoms with Crippen LogP contribution in [0.5, 0.6) is 0 Å². The van der Waals surface area contributed by atoms with Crippen molar-refractivity contribution in [3.8, 4) is 0 Å². The van der Waals surface area contributed by atoms with Crippen molar-refractivity contribution >= 4 is 34.8 Å². The highest BCUT2D eigenvalue weighted by atomic mass is 32.2. The molecule has 4 rings (SSSR count). The van der Waals surface area contributed by atoms with Crippen LogP contribution in [0.15, 0.2) is 89.8 Å². The van der Waals surface area contributed by atoms with E-state index in [9.17, 15) is 14.0 Å². The number of nitrogens with zero attached hydrogens (tertiary/aromatic N) is 1. The third-order valence-electron chi connectivity index (χ3n) is 4.40. The molecule has 0 unspecified atom stereocenters. The lowest BCUT2D eigenvalue weighted by molar-refractivity contribution is -0.119. The van der Waals surface area contributed by atoms with Crippen molar-refractivity contribution in [2.24, 2.45) is 0 Å². The number of rotatable bonds is 5. The van der Waals surface area contributed by atoms with Gasteiger partial charge in [-0.3, -0.25) is 9.59 Å². The second-order valence-electron chi connectivity index (χ2n) is 6.27. The van der Waals surface area contributed by atoms with Gasteiger partial charge in [0.05, 0.1) is 16.2 Å². The first-order valence-corrected chi connectivity index (χ1v) is 9.74. The van der Waals surface area contributed by atoms with Crippen molar-refractivity contribution in [1.82, 2.24) is 0 Å². The van der Waals surface area contributed by atoms with Crippen LogP contribution in [0.25, 0.3) is 5.57 Å². The Balaban J connectivity index is 1.74. The fourth-order valence-corrected chi connectivity index (χ4v) is 4.15. The van der Waals surface area contributed by atoms with E-state index in [2.05, 4.69) is 0 Å².